The fourth-order valence-corrected chi connectivity index (χ4v) is 3.27. The lowest BCUT2D eigenvalue weighted by molar-refractivity contribution is -0.141. The van der Waals surface area contributed by atoms with E-state index in [9.17, 15) is 22.4 Å². The van der Waals surface area contributed by atoms with Crippen LogP contribution in [0.1, 0.15) is 34.5 Å². The number of aromatic amines is 1. The number of hydrogen-bond donors (Lipinski definition) is 3. The zero-order valence-corrected chi connectivity index (χ0v) is 16.7. The smallest absolute Gasteiger partial charge is 0.367 e. The first-order valence-electron chi connectivity index (χ1n) is 9.90. The van der Waals surface area contributed by atoms with Crippen LogP contribution in [0, 0.1) is 5.95 Å². The van der Waals surface area contributed by atoms with E-state index in [1.54, 1.807) is 0 Å². The van der Waals surface area contributed by atoms with Gasteiger partial charge in [0.25, 0.3) is 0 Å². The van der Waals surface area contributed by atoms with Crippen LogP contribution in [0.3, 0.4) is 0 Å². The molecule has 0 amide bonds. The van der Waals surface area contributed by atoms with Crippen molar-refractivity contribution in [2.24, 2.45) is 0 Å². The van der Waals surface area contributed by atoms with Crippen molar-refractivity contribution in [3.63, 3.8) is 0 Å². The lowest BCUT2D eigenvalue weighted by Crippen LogP contribution is -2.09. The van der Waals surface area contributed by atoms with Gasteiger partial charge in [0.05, 0.1) is 28.4 Å². The lowest BCUT2D eigenvalue weighted by atomic mass is 10.0. The van der Waals surface area contributed by atoms with Gasteiger partial charge in [-0.2, -0.15) is 17.6 Å². The van der Waals surface area contributed by atoms with Crippen molar-refractivity contribution in [1.29, 1.82) is 0 Å². The normalized spacial score (nSPS) is 13.8. The Morgan fingerprint density at radius 3 is 2.55 bits per heavy atom. The zero-order chi connectivity index (χ0) is 23.2. The molecule has 4 aromatic heterocycles. The van der Waals surface area contributed by atoms with Crippen molar-refractivity contribution in [2.75, 3.05) is 10.6 Å². The molecule has 4 heterocycles. The van der Waals surface area contributed by atoms with Crippen LogP contribution in [-0.4, -0.2) is 36.7 Å². The number of hydrogen-bond acceptors (Lipinski definition) is 7. The van der Waals surface area contributed by atoms with E-state index < -0.39 is 23.6 Å². The van der Waals surface area contributed by atoms with Gasteiger partial charge in [-0.05, 0) is 37.1 Å². The Kier molecular flexibility index (Phi) is 4.91. The molecule has 1 aliphatic carbocycles. The number of alkyl halides is 3. The molecule has 8 nitrogen and oxygen atoms in total. The number of carbonyl (C=O) groups excluding carboxylic acids is 1. The number of anilines is 3. The predicted molar refractivity (Wildman–Crippen MR) is 111 cm³/mol. The number of aromatic nitrogens is 5. The Morgan fingerprint density at radius 1 is 1.06 bits per heavy atom. The molecule has 0 radical (unpaired) electrons. The van der Waals surface area contributed by atoms with Crippen molar-refractivity contribution in [1.82, 2.24) is 24.9 Å². The van der Waals surface area contributed by atoms with Crippen LogP contribution < -0.4 is 10.6 Å². The molecule has 0 bridgehead atoms. The Hall–Kier alpha value is -4.09. The third kappa shape index (κ3) is 4.19. The summed E-state index contributed by atoms with van der Waals surface area (Å²) < 4.78 is 52.6. The average molecular weight is 457 g/mol. The summed E-state index contributed by atoms with van der Waals surface area (Å²) >= 11 is 0. The minimum Gasteiger partial charge on any atom is -0.367 e. The number of ketones is 1. The van der Waals surface area contributed by atoms with E-state index in [2.05, 4.69) is 35.6 Å². The molecule has 5 rings (SSSR count). The molecule has 1 saturated carbocycles. The third-order valence-corrected chi connectivity index (χ3v) is 5.05. The number of halogens is 4. The average Bonchev–Trinajstić information content (AvgIpc) is 3.48. The first-order valence-corrected chi connectivity index (χ1v) is 9.90. The predicted octanol–water partition coefficient (Wildman–Crippen LogP) is 4.45. The third-order valence-electron chi connectivity index (χ3n) is 5.05. The van der Waals surface area contributed by atoms with Crippen LogP contribution in [0.15, 0.2) is 43.0 Å². The maximum Gasteiger partial charge on any atom is 0.433 e. The Labute approximate surface area is 183 Å². The van der Waals surface area contributed by atoms with Gasteiger partial charge in [0.15, 0.2) is 5.78 Å². The standard InChI is InChI=1S/C21H15F4N7O/c22-18-12(4-6-15(32-18)30-11-3-5-14(26-7-11)21(23,24)25)17(33)13-8-27-19-16(13)20(29-9-28-19)31-10-1-2-10/h3-10H,1-2H2,(H,30,32)(H2,27,28,29,31). The van der Waals surface area contributed by atoms with Gasteiger partial charge in [-0.1, -0.05) is 0 Å². The minimum atomic E-state index is -4.56. The molecule has 1 aliphatic rings. The van der Waals surface area contributed by atoms with Gasteiger partial charge >= 0.3 is 6.18 Å². The first-order chi connectivity index (χ1) is 15.8. The largest absolute Gasteiger partial charge is 0.433 e. The maximum atomic E-state index is 14.7. The minimum absolute atomic E-state index is 0.00366. The highest BCUT2D eigenvalue weighted by Crippen LogP contribution is 2.31. The van der Waals surface area contributed by atoms with Crippen molar-refractivity contribution in [3.8, 4) is 0 Å². The number of fused-ring (bicyclic) bond motifs is 1. The number of nitrogens with zero attached hydrogens (tertiary/aromatic N) is 4. The van der Waals surface area contributed by atoms with E-state index >= 15 is 0 Å². The molecule has 1 fully saturated rings. The summed E-state index contributed by atoms with van der Waals surface area (Å²) in [6, 6.07) is 4.83. The summed E-state index contributed by atoms with van der Waals surface area (Å²) in [5.41, 5.74) is -0.502. The van der Waals surface area contributed by atoms with E-state index in [-0.39, 0.29) is 28.7 Å². The van der Waals surface area contributed by atoms with E-state index in [4.69, 9.17) is 0 Å². The molecule has 4 aromatic rings. The zero-order valence-electron chi connectivity index (χ0n) is 16.7. The second kappa shape index (κ2) is 7.80. The molecular formula is C21H15F4N7O. The number of nitrogens with one attached hydrogen (secondary N) is 3. The molecule has 0 saturated heterocycles. The molecular weight excluding hydrogens is 442 g/mol. The van der Waals surface area contributed by atoms with Gasteiger partial charge in [-0.25, -0.2) is 19.9 Å². The number of pyridine rings is 2. The van der Waals surface area contributed by atoms with Gasteiger partial charge in [0.1, 0.15) is 29.3 Å². The van der Waals surface area contributed by atoms with Gasteiger partial charge in [-0.15, -0.1) is 0 Å². The van der Waals surface area contributed by atoms with Crippen LogP contribution in [-0.2, 0) is 6.18 Å². The number of H-pyrrole nitrogens is 1. The molecule has 0 unspecified atom stereocenters. The summed E-state index contributed by atoms with van der Waals surface area (Å²) in [7, 11) is 0. The second-order valence-electron chi connectivity index (χ2n) is 7.49. The number of rotatable bonds is 6. The monoisotopic (exact) mass is 457 g/mol. The van der Waals surface area contributed by atoms with Gasteiger partial charge in [0, 0.05) is 12.2 Å². The highest BCUT2D eigenvalue weighted by Gasteiger charge is 2.32. The SMILES string of the molecule is O=C(c1ccc(Nc2ccc(C(F)(F)F)nc2)nc1F)c1c[nH]c2ncnc(NC3CC3)c12. The topological polar surface area (TPSA) is 108 Å². The molecule has 0 spiro atoms. The highest BCUT2D eigenvalue weighted by molar-refractivity contribution is 6.18. The molecule has 3 N–H and O–H groups in total. The summed E-state index contributed by atoms with van der Waals surface area (Å²) in [5, 5.41) is 6.36. The Morgan fingerprint density at radius 2 is 1.88 bits per heavy atom. The van der Waals surface area contributed by atoms with E-state index in [0.29, 0.717) is 16.9 Å². The second-order valence-corrected chi connectivity index (χ2v) is 7.49. The van der Waals surface area contributed by atoms with Crippen molar-refractivity contribution in [3.05, 3.63) is 65.8 Å². The van der Waals surface area contributed by atoms with Crippen molar-refractivity contribution < 1.29 is 22.4 Å². The Bertz CT molecular complexity index is 1350. The fourth-order valence-electron chi connectivity index (χ4n) is 3.27. The van der Waals surface area contributed by atoms with Crippen LogP contribution in [0.25, 0.3) is 11.0 Å². The molecule has 168 valence electrons. The van der Waals surface area contributed by atoms with Gasteiger partial charge in [-0.3, -0.25) is 4.79 Å². The van der Waals surface area contributed by atoms with E-state index in [1.807, 2.05) is 0 Å². The van der Waals surface area contributed by atoms with E-state index in [1.165, 1.54) is 24.7 Å². The molecule has 0 atom stereocenters. The summed E-state index contributed by atoms with van der Waals surface area (Å²) in [5.74, 6) is -1.15. The summed E-state index contributed by atoms with van der Waals surface area (Å²) in [6.45, 7) is 0. The Balaban J connectivity index is 1.40. The van der Waals surface area contributed by atoms with E-state index in [0.717, 1.165) is 31.2 Å². The highest BCUT2D eigenvalue weighted by atomic mass is 19.4. The molecule has 0 aliphatic heterocycles. The number of carbonyl (C=O) groups is 1. The van der Waals surface area contributed by atoms with Gasteiger partial charge < -0.3 is 15.6 Å². The van der Waals surface area contributed by atoms with Crippen LogP contribution in [0.2, 0.25) is 0 Å². The first kappa shape index (κ1) is 20.8. The fraction of sp³-hybridized carbons (Fsp3) is 0.190. The van der Waals surface area contributed by atoms with Crippen LogP contribution in [0.4, 0.5) is 34.9 Å². The van der Waals surface area contributed by atoms with Crippen molar-refractivity contribution in [2.45, 2.75) is 25.1 Å². The van der Waals surface area contributed by atoms with Crippen LogP contribution >= 0.6 is 0 Å². The maximum absolute atomic E-state index is 14.7. The summed E-state index contributed by atoms with van der Waals surface area (Å²) in [4.78, 5) is 31.4. The lowest BCUT2D eigenvalue weighted by Gasteiger charge is -2.09. The summed E-state index contributed by atoms with van der Waals surface area (Å²) in [6.07, 6.45) is 1.21. The molecule has 0 aromatic carbocycles. The molecule has 12 heteroatoms. The quantitative estimate of drug-likeness (QED) is 0.223. The van der Waals surface area contributed by atoms with Gasteiger partial charge in [0.2, 0.25) is 5.95 Å². The van der Waals surface area contributed by atoms with Crippen LogP contribution in [0.5, 0.6) is 0 Å². The molecule has 33 heavy (non-hydrogen) atoms. The van der Waals surface area contributed by atoms with Crippen molar-refractivity contribution >= 4 is 34.1 Å².